The maximum Gasteiger partial charge on any atom is 0.221 e. The minimum Gasteiger partial charge on any atom is -0.494 e. The number of halogens is 1. The largest absolute Gasteiger partial charge is 0.494 e. The maximum atomic E-state index is 11.1. The Morgan fingerprint density at radius 2 is 2.15 bits per heavy atom. The van der Waals surface area contributed by atoms with Crippen LogP contribution in [0.1, 0.15) is 12.7 Å². The van der Waals surface area contributed by atoms with Gasteiger partial charge in [-0.25, -0.2) is 0 Å². The van der Waals surface area contributed by atoms with Gasteiger partial charge in [-0.3, -0.25) is 4.79 Å². The predicted octanol–water partition coefficient (Wildman–Crippen LogP) is 3.51. The predicted molar refractivity (Wildman–Crippen MR) is 78.3 cm³/mol. The standard InChI is InChI=1S/C14H15ClN2O3/c1-9(18)17-12-5-3-10(7-13(12)19-2)16-8-11-4-6-14(15)20-11/h3-7,16H,8H2,1-2H3,(H,17,18). The number of hydrogen-bond donors (Lipinski definition) is 2. The van der Waals surface area contributed by atoms with Crippen LogP contribution in [0.2, 0.25) is 5.22 Å². The number of carbonyl (C=O) groups is 1. The number of methoxy groups -OCH3 is 1. The molecule has 0 fully saturated rings. The van der Waals surface area contributed by atoms with E-state index >= 15 is 0 Å². The van der Waals surface area contributed by atoms with Gasteiger partial charge in [0.05, 0.1) is 19.3 Å². The Labute approximate surface area is 121 Å². The van der Waals surface area contributed by atoms with Gasteiger partial charge in [-0.05, 0) is 35.9 Å². The first kappa shape index (κ1) is 14.3. The van der Waals surface area contributed by atoms with E-state index in [2.05, 4.69) is 10.6 Å². The Morgan fingerprint density at radius 1 is 1.35 bits per heavy atom. The van der Waals surface area contributed by atoms with E-state index in [0.29, 0.717) is 23.2 Å². The zero-order chi connectivity index (χ0) is 14.5. The Morgan fingerprint density at radius 3 is 2.75 bits per heavy atom. The molecule has 0 saturated carbocycles. The van der Waals surface area contributed by atoms with Crippen LogP contribution in [0, 0.1) is 0 Å². The second-order valence-electron chi connectivity index (χ2n) is 4.16. The molecular weight excluding hydrogens is 280 g/mol. The van der Waals surface area contributed by atoms with E-state index in [1.165, 1.54) is 6.92 Å². The first-order valence-corrected chi connectivity index (χ1v) is 6.40. The molecule has 1 aromatic carbocycles. The maximum absolute atomic E-state index is 11.1. The van der Waals surface area contributed by atoms with Gasteiger partial charge in [-0.2, -0.15) is 0 Å². The second kappa shape index (κ2) is 6.34. The molecule has 0 atom stereocenters. The monoisotopic (exact) mass is 294 g/mol. The summed E-state index contributed by atoms with van der Waals surface area (Å²) in [6.45, 7) is 1.96. The lowest BCUT2D eigenvalue weighted by atomic mass is 10.2. The van der Waals surface area contributed by atoms with Crippen LogP contribution < -0.4 is 15.4 Å². The third-order valence-electron chi connectivity index (χ3n) is 2.61. The zero-order valence-electron chi connectivity index (χ0n) is 11.2. The number of amides is 1. The second-order valence-corrected chi connectivity index (χ2v) is 4.53. The van der Waals surface area contributed by atoms with Crippen molar-refractivity contribution in [1.29, 1.82) is 0 Å². The summed E-state index contributed by atoms with van der Waals surface area (Å²) in [5.41, 5.74) is 1.48. The number of nitrogens with one attached hydrogen (secondary N) is 2. The number of benzene rings is 1. The molecule has 0 unspecified atom stereocenters. The van der Waals surface area contributed by atoms with Crippen LogP contribution in [0.5, 0.6) is 5.75 Å². The number of carbonyl (C=O) groups excluding carboxylic acids is 1. The Hall–Kier alpha value is -2.14. The third-order valence-corrected chi connectivity index (χ3v) is 2.81. The van der Waals surface area contributed by atoms with E-state index in [4.69, 9.17) is 20.8 Å². The first-order valence-electron chi connectivity index (χ1n) is 6.02. The molecule has 106 valence electrons. The average molecular weight is 295 g/mol. The molecule has 0 saturated heterocycles. The fourth-order valence-electron chi connectivity index (χ4n) is 1.73. The molecule has 6 heteroatoms. The number of ether oxygens (including phenoxy) is 1. The molecule has 0 aliphatic carbocycles. The topological polar surface area (TPSA) is 63.5 Å². The summed E-state index contributed by atoms with van der Waals surface area (Å²) in [6, 6.07) is 8.92. The highest BCUT2D eigenvalue weighted by atomic mass is 35.5. The van der Waals surface area contributed by atoms with E-state index in [1.54, 1.807) is 31.4 Å². The molecule has 1 amide bonds. The third kappa shape index (κ3) is 3.68. The SMILES string of the molecule is COc1cc(NCc2ccc(Cl)o2)ccc1NC(C)=O. The number of hydrogen-bond acceptors (Lipinski definition) is 4. The van der Waals surface area contributed by atoms with Crippen molar-refractivity contribution in [3.05, 3.63) is 41.3 Å². The minimum absolute atomic E-state index is 0.144. The normalized spacial score (nSPS) is 10.2. The van der Waals surface area contributed by atoms with Crippen molar-refractivity contribution < 1.29 is 13.9 Å². The highest BCUT2D eigenvalue weighted by Crippen LogP contribution is 2.28. The Balaban J connectivity index is 2.07. The van der Waals surface area contributed by atoms with Gasteiger partial charge in [-0.15, -0.1) is 0 Å². The summed E-state index contributed by atoms with van der Waals surface area (Å²) >= 11 is 5.70. The van der Waals surface area contributed by atoms with Crippen molar-refractivity contribution in [2.24, 2.45) is 0 Å². The van der Waals surface area contributed by atoms with E-state index in [9.17, 15) is 4.79 Å². The number of furan rings is 1. The van der Waals surface area contributed by atoms with Crippen molar-refractivity contribution in [3.63, 3.8) is 0 Å². The van der Waals surface area contributed by atoms with Crippen LogP contribution in [0.3, 0.4) is 0 Å². The van der Waals surface area contributed by atoms with E-state index in [0.717, 1.165) is 11.4 Å². The van der Waals surface area contributed by atoms with E-state index in [-0.39, 0.29) is 5.91 Å². The molecule has 1 heterocycles. The van der Waals surface area contributed by atoms with Gasteiger partial charge in [0, 0.05) is 18.7 Å². The molecule has 0 aliphatic rings. The van der Waals surface area contributed by atoms with Crippen LogP contribution in [0.25, 0.3) is 0 Å². The first-order chi connectivity index (χ1) is 9.58. The van der Waals surface area contributed by atoms with Crippen LogP contribution >= 0.6 is 11.6 Å². The van der Waals surface area contributed by atoms with E-state index in [1.807, 2.05) is 6.07 Å². The van der Waals surface area contributed by atoms with Crippen LogP contribution in [0.15, 0.2) is 34.7 Å². The minimum atomic E-state index is -0.144. The lowest BCUT2D eigenvalue weighted by molar-refractivity contribution is -0.114. The molecule has 2 aromatic rings. The molecule has 0 spiro atoms. The Bertz CT molecular complexity index is 610. The summed E-state index contributed by atoms with van der Waals surface area (Å²) in [6.07, 6.45) is 0. The van der Waals surface area contributed by atoms with Crippen molar-refractivity contribution in [2.75, 3.05) is 17.7 Å². The smallest absolute Gasteiger partial charge is 0.221 e. The molecular formula is C14H15ClN2O3. The summed E-state index contributed by atoms with van der Waals surface area (Å²) in [4.78, 5) is 11.1. The van der Waals surface area contributed by atoms with Gasteiger partial charge >= 0.3 is 0 Å². The van der Waals surface area contributed by atoms with E-state index < -0.39 is 0 Å². The van der Waals surface area contributed by atoms with Crippen LogP contribution in [-0.2, 0) is 11.3 Å². The van der Waals surface area contributed by atoms with Gasteiger partial charge in [-0.1, -0.05) is 0 Å². The van der Waals surface area contributed by atoms with Crippen LogP contribution in [0.4, 0.5) is 11.4 Å². The van der Waals surface area contributed by atoms with Gasteiger partial charge in [0.15, 0.2) is 5.22 Å². The lowest BCUT2D eigenvalue weighted by Gasteiger charge is -2.11. The quantitative estimate of drug-likeness (QED) is 0.886. The van der Waals surface area contributed by atoms with Crippen LogP contribution in [-0.4, -0.2) is 13.0 Å². The molecule has 0 bridgehead atoms. The summed E-state index contributed by atoms with van der Waals surface area (Å²) in [7, 11) is 1.55. The number of anilines is 2. The zero-order valence-corrected chi connectivity index (χ0v) is 12.0. The van der Waals surface area contributed by atoms with Crippen molar-refractivity contribution in [1.82, 2.24) is 0 Å². The highest BCUT2D eigenvalue weighted by molar-refractivity contribution is 6.28. The molecule has 1 aromatic heterocycles. The molecule has 20 heavy (non-hydrogen) atoms. The molecule has 2 rings (SSSR count). The molecule has 5 nitrogen and oxygen atoms in total. The van der Waals surface area contributed by atoms with Gasteiger partial charge < -0.3 is 19.8 Å². The van der Waals surface area contributed by atoms with Gasteiger partial charge in [0.25, 0.3) is 0 Å². The summed E-state index contributed by atoms with van der Waals surface area (Å²) in [5, 5.41) is 6.25. The fourth-order valence-corrected chi connectivity index (χ4v) is 1.89. The molecule has 2 N–H and O–H groups in total. The van der Waals surface area contributed by atoms with Crippen molar-refractivity contribution in [3.8, 4) is 5.75 Å². The summed E-state index contributed by atoms with van der Waals surface area (Å²) in [5.74, 6) is 1.18. The summed E-state index contributed by atoms with van der Waals surface area (Å²) < 4.78 is 10.5. The van der Waals surface area contributed by atoms with Gasteiger partial charge in [0.2, 0.25) is 5.91 Å². The molecule has 0 aliphatic heterocycles. The Kier molecular flexibility index (Phi) is 4.53. The lowest BCUT2D eigenvalue weighted by Crippen LogP contribution is -2.07. The highest BCUT2D eigenvalue weighted by Gasteiger charge is 2.06. The van der Waals surface area contributed by atoms with Gasteiger partial charge in [0.1, 0.15) is 11.5 Å². The molecule has 0 radical (unpaired) electrons. The van der Waals surface area contributed by atoms with Crippen molar-refractivity contribution >= 4 is 28.9 Å². The van der Waals surface area contributed by atoms with Crippen molar-refractivity contribution in [2.45, 2.75) is 13.5 Å². The fraction of sp³-hybridized carbons (Fsp3) is 0.214. The average Bonchev–Trinajstić information content (AvgIpc) is 2.83. The number of rotatable bonds is 5.